The Hall–Kier alpha value is -2.09. The van der Waals surface area contributed by atoms with Gasteiger partial charge in [0.2, 0.25) is 5.91 Å². The Balaban J connectivity index is 2.40. The molecule has 2 nitrogen and oxygen atoms in total. The zero-order valence-corrected chi connectivity index (χ0v) is 11.4. The summed E-state index contributed by atoms with van der Waals surface area (Å²) < 4.78 is 0. The highest BCUT2D eigenvalue weighted by atomic mass is 16.1. The van der Waals surface area contributed by atoms with Gasteiger partial charge in [-0.15, -0.1) is 0 Å². The summed E-state index contributed by atoms with van der Waals surface area (Å²) in [5.41, 5.74) is 3.62. The van der Waals surface area contributed by atoms with Crippen molar-refractivity contribution in [3.8, 4) is 0 Å². The van der Waals surface area contributed by atoms with Gasteiger partial charge in [-0.1, -0.05) is 54.6 Å². The molecule has 0 aromatic heterocycles. The SMILES string of the molecule is CNC(=O)CC(c1ccccc1)c1ccccc1C. The van der Waals surface area contributed by atoms with Gasteiger partial charge < -0.3 is 5.32 Å². The second-order valence-electron chi connectivity index (χ2n) is 4.70. The first-order chi connectivity index (χ1) is 9.22. The first kappa shape index (κ1) is 13.3. The molecule has 2 rings (SSSR count). The lowest BCUT2D eigenvalue weighted by atomic mass is 9.86. The van der Waals surface area contributed by atoms with Crippen molar-refractivity contribution >= 4 is 5.91 Å². The van der Waals surface area contributed by atoms with Crippen LogP contribution in [0.1, 0.15) is 29.0 Å². The average Bonchev–Trinajstić information content (AvgIpc) is 2.46. The van der Waals surface area contributed by atoms with Gasteiger partial charge in [0.05, 0.1) is 0 Å². The molecule has 1 N–H and O–H groups in total. The third-order valence-electron chi connectivity index (χ3n) is 3.43. The Morgan fingerprint density at radius 1 is 1.05 bits per heavy atom. The van der Waals surface area contributed by atoms with Crippen LogP contribution in [0, 0.1) is 6.92 Å². The zero-order chi connectivity index (χ0) is 13.7. The fourth-order valence-electron chi connectivity index (χ4n) is 2.36. The van der Waals surface area contributed by atoms with Crippen LogP contribution in [0.2, 0.25) is 0 Å². The molecule has 19 heavy (non-hydrogen) atoms. The van der Waals surface area contributed by atoms with E-state index in [4.69, 9.17) is 0 Å². The number of rotatable bonds is 4. The molecule has 0 spiro atoms. The molecule has 0 fully saturated rings. The van der Waals surface area contributed by atoms with E-state index < -0.39 is 0 Å². The fraction of sp³-hybridized carbons (Fsp3) is 0.235. The first-order valence-corrected chi connectivity index (χ1v) is 6.53. The number of hydrogen-bond acceptors (Lipinski definition) is 1. The van der Waals surface area contributed by atoms with E-state index >= 15 is 0 Å². The van der Waals surface area contributed by atoms with Crippen molar-refractivity contribution in [3.05, 3.63) is 71.3 Å². The van der Waals surface area contributed by atoms with Crippen molar-refractivity contribution in [1.29, 1.82) is 0 Å². The third kappa shape index (κ3) is 3.22. The van der Waals surface area contributed by atoms with Gasteiger partial charge in [0.15, 0.2) is 0 Å². The number of aryl methyl sites for hydroxylation is 1. The first-order valence-electron chi connectivity index (χ1n) is 6.53. The molecule has 2 aromatic carbocycles. The molecule has 1 unspecified atom stereocenters. The highest BCUT2D eigenvalue weighted by molar-refractivity contribution is 5.77. The molecule has 0 aliphatic heterocycles. The summed E-state index contributed by atoms with van der Waals surface area (Å²) in [5.74, 6) is 0.180. The van der Waals surface area contributed by atoms with E-state index in [1.54, 1.807) is 7.05 Å². The van der Waals surface area contributed by atoms with Gasteiger partial charge in [0.1, 0.15) is 0 Å². The molecule has 2 heteroatoms. The van der Waals surface area contributed by atoms with Gasteiger partial charge in [0, 0.05) is 19.4 Å². The van der Waals surface area contributed by atoms with E-state index in [9.17, 15) is 4.79 Å². The molecule has 0 aliphatic carbocycles. The number of benzene rings is 2. The lowest BCUT2D eigenvalue weighted by Gasteiger charge is -2.19. The molecule has 0 radical (unpaired) electrons. The summed E-state index contributed by atoms with van der Waals surface area (Å²) in [4.78, 5) is 11.8. The van der Waals surface area contributed by atoms with Crippen LogP contribution < -0.4 is 5.32 Å². The summed E-state index contributed by atoms with van der Waals surface area (Å²) in [6.45, 7) is 2.09. The second-order valence-corrected chi connectivity index (χ2v) is 4.70. The van der Waals surface area contributed by atoms with Crippen LogP contribution >= 0.6 is 0 Å². The maximum absolute atomic E-state index is 11.8. The van der Waals surface area contributed by atoms with Crippen LogP contribution in [0.5, 0.6) is 0 Å². The molecule has 0 aliphatic rings. The minimum absolute atomic E-state index is 0.0668. The van der Waals surface area contributed by atoms with Gasteiger partial charge in [-0.25, -0.2) is 0 Å². The number of carbonyl (C=O) groups is 1. The molecule has 1 atom stereocenters. The third-order valence-corrected chi connectivity index (χ3v) is 3.43. The Morgan fingerprint density at radius 3 is 2.32 bits per heavy atom. The van der Waals surface area contributed by atoms with E-state index in [0.29, 0.717) is 6.42 Å². The molecule has 2 aromatic rings. The van der Waals surface area contributed by atoms with E-state index in [1.165, 1.54) is 16.7 Å². The highest BCUT2D eigenvalue weighted by Gasteiger charge is 2.18. The molecule has 0 saturated carbocycles. The van der Waals surface area contributed by atoms with E-state index in [0.717, 1.165) is 0 Å². The maximum Gasteiger partial charge on any atom is 0.220 e. The summed E-state index contributed by atoms with van der Waals surface area (Å²) in [7, 11) is 1.68. The smallest absolute Gasteiger partial charge is 0.220 e. The van der Waals surface area contributed by atoms with E-state index in [-0.39, 0.29) is 11.8 Å². The lowest BCUT2D eigenvalue weighted by Crippen LogP contribution is -2.21. The van der Waals surface area contributed by atoms with Crippen molar-refractivity contribution in [3.63, 3.8) is 0 Å². The highest BCUT2D eigenvalue weighted by Crippen LogP contribution is 2.29. The molecule has 0 saturated heterocycles. The quantitative estimate of drug-likeness (QED) is 0.890. The Labute approximate surface area is 114 Å². The molecular formula is C17H19NO. The number of nitrogens with one attached hydrogen (secondary N) is 1. The van der Waals surface area contributed by atoms with Crippen LogP contribution in [0.15, 0.2) is 54.6 Å². The van der Waals surface area contributed by atoms with Crippen molar-refractivity contribution in [2.75, 3.05) is 7.05 Å². The number of hydrogen-bond donors (Lipinski definition) is 1. The standard InChI is InChI=1S/C17H19NO/c1-13-8-6-7-11-15(13)16(12-17(19)18-2)14-9-4-3-5-10-14/h3-11,16H,12H2,1-2H3,(H,18,19). The van der Waals surface area contributed by atoms with Crippen molar-refractivity contribution < 1.29 is 4.79 Å². The summed E-state index contributed by atoms with van der Waals surface area (Å²) in [6.07, 6.45) is 0.478. The summed E-state index contributed by atoms with van der Waals surface area (Å²) in [5, 5.41) is 2.72. The molecule has 0 heterocycles. The van der Waals surface area contributed by atoms with Crippen LogP contribution in [-0.2, 0) is 4.79 Å². The van der Waals surface area contributed by atoms with Crippen molar-refractivity contribution in [1.82, 2.24) is 5.32 Å². The predicted molar refractivity (Wildman–Crippen MR) is 78.1 cm³/mol. The second kappa shape index (κ2) is 6.19. The topological polar surface area (TPSA) is 29.1 Å². The fourth-order valence-corrected chi connectivity index (χ4v) is 2.36. The van der Waals surface area contributed by atoms with Crippen molar-refractivity contribution in [2.45, 2.75) is 19.3 Å². The average molecular weight is 253 g/mol. The van der Waals surface area contributed by atoms with Gasteiger partial charge in [0.25, 0.3) is 0 Å². The van der Waals surface area contributed by atoms with E-state index in [2.05, 4.69) is 36.5 Å². The molecule has 98 valence electrons. The minimum Gasteiger partial charge on any atom is -0.359 e. The maximum atomic E-state index is 11.8. The van der Waals surface area contributed by atoms with E-state index in [1.807, 2.05) is 30.3 Å². The van der Waals surface area contributed by atoms with Crippen LogP contribution in [0.4, 0.5) is 0 Å². The number of amides is 1. The van der Waals surface area contributed by atoms with Gasteiger partial charge in [-0.05, 0) is 23.6 Å². The molecule has 1 amide bonds. The minimum atomic E-state index is 0.0668. The monoisotopic (exact) mass is 253 g/mol. The van der Waals surface area contributed by atoms with Crippen LogP contribution in [-0.4, -0.2) is 13.0 Å². The van der Waals surface area contributed by atoms with Gasteiger partial charge in [-0.3, -0.25) is 4.79 Å². The summed E-state index contributed by atoms with van der Waals surface area (Å²) in [6, 6.07) is 18.5. The Kier molecular flexibility index (Phi) is 4.35. The van der Waals surface area contributed by atoms with Gasteiger partial charge >= 0.3 is 0 Å². The predicted octanol–water partition coefficient (Wildman–Crippen LogP) is 3.26. The normalized spacial score (nSPS) is 11.9. The van der Waals surface area contributed by atoms with Crippen LogP contribution in [0.3, 0.4) is 0 Å². The Bertz CT molecular complexity index is 548. The molecular weight excluding hydrogens is 234 g/mol. The lowest BCUT2D eigenvalue weighted by molar-refractivity contribution is -0.120. The largest absolute Gasteiger partial charge is 0.359 e. The molecule has 0 bridgehead atoms. The van der Waals surface area contributed by atoms with Crippen LogP contribution in [0.25, 0.3) is 0 Å². The number of carbonyl (C=O) groups excluding carboxylic acids is 1. The van der Waals surface area contributed by atoms with Crippen molar-refractivity contribution in [2.24, 2.45) is 0 Å². The van der Waals surface area contributed by atoms with Gasteiger partial charge in [-0.2, -0.15) is 0 Å². The Morgan fingerprint density at radius 2 is 1.68 bits per heavy atom. The summed E-state index contributed by atoms with van der Waals surface area (Å²) >= 11 is 0. The zero-order valence-electron chi connectivity index (χ0n) is 11.4.